The predicted octanol–water partition coefficient (Wildman–Crippen LogP) is 3.22. The van der Waals surface area contributed by atoms with Crippen molar-refractivity contribution in [3.05, 3.63) is 29.8 Å². The number of nitrogens with one attached hydrogen (secondary N) is 1. The fourth-order valence-electron chi connectivity index (χ4n) is 3.89. The van der Waals surface area contributed by atoms with Gasteiger partial charge in [-0.3, -0.25) is 0 Å². The molecule has 1 unspecified atom stereocenters. The zero-order chi connectivity index (χ0) is 17.2. The lowest BCUT2D eigenvalue weighted by molar-refractivity contribution is 0.0425. The van der Waals surface area contributed by atoms with Crippen LogP contribution >= 0.6 is 0 Å². The van der Waals surface area contributed by atoms with Gasteiger partial charge in [0.15, 0.2) is 9.84 Å². The van der Waals surface area contributed by atoms with Crippen LogP contribution in [0.2, 0.25) is 0 Å². The molecule has 1 atom stereocenters. The molecule has 0 spiro atoms. The van der Waals surface area contributed by atoms with Crippen LogP contribution < -0.4 is 5.32 Å². The summed E-state index contributed by atoms with van der Waals surface area (Å²) in [5, 5.41) is 12.8. The number of sulfone groups is 1. The molecule has 2 aliphatic rings. The van der Waals surface area contributed by atoms with E-state index in [2.05, 4.69) is 12.2 Å². The van der Waals surface area contributed by atoms with Gasteiger partial charge in [-0.1, -0.05) is 31.4 Å². The van der Waals surface area contributed by atoms with Crippen molar-refractivity contribution in [2.75, 3.05) is 13.2 Å². The van der Waals surface area contributed by atoms with Crippen LogP contribution in [0, 0.1) is 5.41 Å². The number of hydrogen-bond donors (Lipinski definition) is 2. The summed E-state index contributed by atoms with van der Waals surface area (Å²) in [5.41, 5.74) is 1.15. The Labute approximate surface area is 145 Å². The molecule has 0 aliphatic heterocycles. The minimum absolute atomic E-state index is 0.0556. The van der Waals surface area contributed by atoms with Crippen LogP contribution in [0.4, 0.5) is 0 Å². The predicted molar refractivity (Wildman–Crippen MR) is 95.7 cm³/mol. The van der Waals surface area contributed by atoms with Gasteiger partial charge in [-0.25, -0.2) is 8.42 Å². The van der Waals surface area contributed by atoms with Crippen LogP contribution in [-0.4, -0.2) is 31.9 Å². The molecule has 1 aromatic carbocycles. The van der Waals surface area contributed by atoms with E-state index in [1.54, 1.807) is 12.1 Å². The molecule has 0 amide bonds. The van der Waals surface area contributed by atoms with E-state index < -0.39 is 9.84 Å². The maximum atomic E-state index is 12.6. The molecule has 5 heteroatoms. The standard InChI is InChI=1S/C19H29NO3S/c1-15(20-13-19(14-21)11-4-12-19)16-7-9-18(10-8-16)24(22,23)17-5-2-3-6-17/h7-10,15,17,20-21H,2-6,11-14H2,1H3. The first kappa shape index (κ1) is 17.9. The van der Waals surface area contributed by atoms with Gasteiger partial charge in [0.2, 0.25) is 0 Å². The van der Waals surface area contributed by atoms with Gasteiger partial charge in [-0.15, -0.1) is 0 Å². The molecule has 1 aromatic rings. The Bertz CT molecular complexity index is 638. The summed E-state index contributed by atoms with van der Waals surface area (Å²) in [6.07, 6.45) is 7.01. The van der Waals surface area contributed by atoms with Crippen molar-refractivity contribution in [1.29, 1.82) is 0 Å². The van der Waals surface area contributed by atoms with Crippen LogP contribution in [0.3, 0.4) is 0 Å². The van der Waals surface area contributed by atoms with Crippen LogP contribution in [0.15, 0.2) is 29.2 Å². The highest BCUT2D eigenvalue weighted by molar-refractivity contribution is 7.92. The van der Waals surface area contributed by atoms with E-state index in [0.717, 1.165) is 50.6 Å². The van der Waals surface area contributed by atoms with Gasteiger partial charge in [0, 0.05) is 24.6 Å². The lowest BCUT2D eigenvalue weighted by Gasteiger charge is -2.41. The van der Waals surface area contributed by atoms with Crippen molar-refractivity contribution in [3.63, 3.8) is 0 Å². The second-order valence-electron chi connectivity index (χ2n) is 7.63. The number of benzene rings is 1. The fourth-order valence-corrected chi connectivity index (χ4v) is 5.75. The maximum Gasteiger partial charge on any atom is 0.181 e. The third-order valence-corrected chi connectivity index (χ3v) is 8.26. The first-order valence-electron chi connectivity index (χ1n) is 9.15. The molecule has 4 nitrogen and oxygen atoms in total. The van der Waals surface area contributed by atoms with Crippen molar-refractivity contribution >= 4 is 9.84 Å². The van der Waals surface area contributed by atoms with Gasteiger partial charge < -0.3 is 10.4 Å². The van der Waals surface area contributed by atoms with Gasteiger partial charge >= 0.3 is 0 Å². The topological polar surface area (TPSA) is 66.4 Å². The molecule has 0 aromatic heterocycles. The van der Waals surface area contributed by atoms with Gasteiger partial charge in [0.1, 0.15) is 0 Å². The second kappa shape index (κ2) is 7.14. The number of hydrogen-bond acceptors (Lipinski definition) is 4. The first-order valence-corrected chi connectivity index (χ1v) is 10.7. The summed E-state index contributed by atoms with van der Waals surface area (Å²) in [7, 11) is -3.17. The van der Waals surface area contributed by atoms with E-state index in [9.17, 15) is 13.5 Å². The molecule has 24 heavy (non-hydrogen) atoms. The average molecular weight is 352 g/mol. The molecule has 134 valence electrons. The van der Waals surface area contributed by atoms with Gasteiger partial charge in [0.25, 0.3) is 0 Å². The Morgan fingerprint density at radius 2 is 1.79 bits per heavy atom. The SMILES string of the molecule is CC(NCC1(CO)CCC1)c1ccc(S(=O)(=O)C2CCCC2)cc1. The lowest BCUT2D eigenvalue weighted by Crippen LogP contribution is -2.43. The van der Waals surface area contributed by atoms with E-state index in [1.165, 1.54) is 6.42 Å². The molecule has 0 heterocycles. The summed E-state index contributed by atoms with van der Waals surface area (Å²) in [4.78, 5) is 0.455. The molecular formula is C19H29NO3S. The summed E-state index contributed by atoms with van der Waals surface area (Å²) < 4.78 is 25.2. The third kappa shape index (κ3) is 3.53. The minimum Gasteiger partial charge on any atom is -0.396 e. The summed E-state index contributed by atoms with van der Waals surface area (Å²) in [6.45, 7) is 3.14. The Morgan fingerprint density at radius 3 is 2.29 bits per heavy atom. The zero-order valence-corrected chi connectivity index (χ0v) is 15.3. The fraction of sp³-hybridized carbons (Fsp3) is 0.684. The smallest absolute Gasteiger partial charge is 0.181 e. The van der Waals surface area contributed by atoms with Crippen molar-refractivity contribution in [1.82, 2.24) is 5.32 Å². The van der Waals surface area contributed by atoms with Crippen molar-refractivity contribution < 1.29 is 13.5 Å². The molecule has 0 radical (unpaired) electrons. The second-order valence-corrected chi connectivity index (χ2v) is 9.86. The number of rotatable bonds is 7. The van der Waals surface area contributed by atoms with E-state index in [4.69, 9.17) is 0 Å². The normalized spacial score (nSPS) is 22.2. The van der Waals surface area contributed by atoms with Gasteiger partial charge in [0.05, 0.1) is 10.1 Å². The van der Waals surface area contributed by atoms with Crippen molar-refractivity contribution in [3.8, 4) is 0 Å². The summed E-state index contributed by atoms with van der Waals surface area (Å²) in [6, 6.07) is 7.51. The largest absolute Gasteiger partial charge is 0.396 e. The number of aliphatic hydroxyl groups excluding tert-OH is 1. The van der Waals surface area contributed by atoms with Crippen molar-refractivity contribution in [2.45, 2.75) is 68.1 Å². The van der Waals surface area contributed by atoms with Crippen molar-refractivity contribution in [2.24, 2.45) is 5.41 Å². The molecule has 2 aliphatic carbocycles. The first-order chi connectivity index (χ1) is 11.5. The molecule has 2 N–H and O–H groups in total. The highest BCUT2D eigenvalue weighted by Gasteiger charge is 2.36. The molecule has 0 saturated heterocycles. The average Bonchev–Trinajstić information content (AvgIpc) is 3.09. The van der Waals surface area contributed by atoms with E-state index in [0.29, 0.717) is 4.90 Å². The van der Waals surface area contributed by atoms with Crippen LogP contribution in [-0.2, 0) is 9.84 Å². The van der Waals surface area contributed by atoms with Gasteiger partial charge in [-0.2, -0.15) is 0 Å². The quantitative estimate of drug-likeness (QED) is 0.791. The Kier molecular flexibility index (Phi) is 5.33. The Balaban J connectivity index is 1.63. The van der Waals surface area contributed by atoms with Crippen LogP contribution in [0.25, 0.3) is 0 Å². The van der Waals surface area contributed by atoms with E-state index >= 15 is 0 Å². The highest BCUT2D eigenvalue weighted by Crippen LogP contribution is 2.40. The highest BCUT2D eigenvalue weighted by atomic mass is 32.2. The molecule has 3 rings (SSSR count). The summed E-state index contributed by atoms with van der Waals surface area (Å²) >= 11 is 0. The van der Waals surface area contributed by atoms with Crippen LogP contribution in [0.5, 0.6) is 0 Å². The molecule has 2 fully saturated rings. The summed E-state index contributed by atoms with van der Waals surface area (Å²) in [5.74, 6) is 0. The minimum atomic E-state index is -3.17. The van der Waals surface area contributed by atoms with E-state index in [1.807, 2.05) is 12.1 Å². The third-order valence-electron chi connectivity index (χ3n) is 5.98. The van der Waals surface area contributed by atoms with Gasteiger partial charge in [-0.05, 0) is 50.3 Å². The molecule has 2 saturated carbocycles. The lowest BCUT2D eigenvalue weighted by atomic mass is 9.69. The Morgan fingerprint density at radius 1 is 1.17 bits per heavy atom. The zero-order valence-electron chi connectivity index (χ0n) is 14.5. The maximum absolute atomic E-state index is 12.6. The number of aliphatic hydroxyl groups is 1. The molecule has 0 bridgehead atoms. The van der Waals surface area contributed by atoms with Crippen LogP contribution in [0.1, 0.15) is 63.5 Å². The van der Waals surface area contributed by atoms with E-state index in [-0.39, 0.29) is 23.3 Å². The molecular weight excluding hydrogens is 322 g/mol. The monoisotopic (exact) mass is 351 g/mol. The Hall–Kier alpha value is -0.910.